The number of hydrogen-bond acceptors (Lipinski definition) is 2. The van der Waals surface area contributed by atoms with Crippen molar-refractivity contribution < 1.29 is 4.79 Å². The molecule has 0 aliphatic heterocycles. The summed E-state index contributed by atoms with van der Waals surface area (Å²) >= 11 is 0. The standard InChI is InChI=1S/C19H20N2O/c1-13-7-6-10-16(11-13)14(2)20-21-19(22)18-12-17(18)15-8-4-3-5-9-15/h3-11,17-18H,12H2,1-2H3,(H,21,22)/b20-14-/t17-,18-/m1/s1. The lowest BCUT2D eigenvalue weighted by Gasteiger charge is -2.04. The van der Waals surface area contributed by atoms with Crippen LogP contribution in [0.3, 0.4) is 0 Å². The first-order valence-corrected chi connectivity index (χ1v) is 7.61. The van der Waals surface area contributed by atoms with Crippen LogP contribution in [0.4, 0.5) is 0 Å². The zero-order chi connectivity index (χ0) is 15.5. The molecule has 0 spiro atoms. The molecule has 1 aliphatic rings. The second-order valence-corrected chi connectivity index (χ2v) is 5.90. The van der Waals surface area contributed by atoms with Gasteiger partial charge in [0, 0.05) is 5.92 Å². The van der Waals surface area contributed by atoms with Gasteiger partial charge in [0.15, 0.2) is 0 Å². The van der Waals surface area contributed by atoms with E-state index in [1.165, 1.54) is 11.1 Å². The normalized spacial score (nSPS) is 20.5. The number of nitrogens with zero attached hydrogens (tertiary/aromatic N) is 1. The van der Waals surface area contributed by atoms with Gasteiger partial charge < -0.3 is 0 Å². The average molecular weight is 292 g/mol. The summed E-state index contributed by atoms with van der Waals surface area (Å²) < 4.78 is 0. The van der Waals surface area contributed by atoms with E-state index in [0.29, 0.717) is 5.92 Å². The topological polar surface area (TPSA) is 41.5 Å². The summed E-state index contributed by atoms with van der Waals surface area (Å²) in [5.41, 5.74) is 7.00. The summed E-state index contributed by atoms with van der Waals surface area (Å²) in [6.45, 7) is 3.96. The SMILES string of the molecule is C/C(=N/NC(=O)[C@@H]1C[C@@H]1c1ccccc1)c1cccc(C)c1. The van der Waals surface area contributed by atoms with Gasteiger partial charge in [0.1, 0.15) is 0 Å². The van der Waals surface area contributed by atoms with Gasteiger partial charge in [-0.15, -0.1) is 0 Å². The number of carbonyl (C=O) groups excluding carboxylic acids is 1. The Morgan fingerprint density at radius 2 is 1.91 bits per heavy atom. The van der Waals surface area contributed by atoms with E-state index >= 15 is 0 Å². The molecule has 0 heterocycles. The van der Waals surface area contributed by atoms with Gasteiger partial charge in [0.05, 0.1) is 5.71 Å². The minimum Gasteiger partial charge on any atom is -0.273 e. The van der Waals surface area contributed by atoms with E-state index in [-0.39, 0.29) is 11.8 Å². The maximum Gasteiger partial charge on any atom is 0.243 e. The number of hydrogen-bond donors (Lipinski definition) is 1. The Labute approximate surface area is 131 Å². The maximum absolute atomic E-state index is 12.2. The van der Waals surface area contributed by atoms with Crippen molar-refractivity contribution in [2.75, 3.05) is 0 Å². The predicted molar refractivity (Wildman–Crippen MR) is 88.8 cm³/mol. The number of aryl methyl sites for hydroxylation is 1. The van der Waals surface area contributed by atoms with Crippen LogP contribution in [0.5, 0.6) is 0 Å². The lowest BCUT2D eigenvalue weighted by Crippen LogP contribution is -2.21. The molecule has 2 aromatic carbocycles. The first-order chi connectivity index (χ1) is 10.6. The molecule has 3 rings (SSSR count). The minimum atomic E-state index is 0.0147. The molecule has 0 saturated heterocycles. The summed E-state index contributed by atoms with van der Waals surface area (Å²) in [5, 5.41) is 4.24. The predicted octanol–water partition coefficient (Wildman–Crippen LogP) is 3.64. The van der Waals surface area contributed by atoms with Gasteiger partial charge >= 0.3 is 0 Å². The largest absolute Gasteiger partial charge is 0.273 e. The molecule has 1 saturated carbocycles. The van der Waals surface area contributed by atoms with Gasteiger partial charge in [0.2, 0.25) is 5.91 Å². The van der Waals surface area contributed by atoms with Crippen LogP contribution in [-0.4, -0.2) is 11.6 Å². The fourth-order valence-corrected chi connectivity index (χ4v) is 2.71. The van der Waals surface area contributed by atoms with E-state index in [0.717, 1.165) is 17.7 Å². The van der Waals surface area contributed by atoms with Gasteiger partial charge in [0.25, 0.3) is 0 Å². The van der Waals surface area contributed by atoms with Gasteiger partial charge in [-0.3, -0.25) is 4.79 Å². The lowest BCUT2D eigenvalue weighted by atomic mass is 10.1. The summed E-state index contributed by atoms with van der Waals surface area (Å²) in [4.78, 5) is 12.2. The molecule has 2 aromatic rings. The molecule has 1 amide bonds. The molecular weight excluding hydrogens is 272 g/mol. The number of carbonyl (C=O) groups is 1. The molecule has 0 aromatic heterocycles. The number of nitrogens with one attached hydrogen (secondary N) is 1. The van der Waals surface area contributed by atoms with Crippen molar-refractivity contribution in [3.63, 3.8) is 0 Å². The van der Waals surface area contributed by atoms with Crippen LogP contribution in [0.15, 0.2) is 59.7 Å². The Bertz CT molecular complexity index is 706. The minimum absolute atomic E-state index is 0.0147. The van der Waals surface area contributed by atoms with E-state index < -0.39 is 0 Å². The molecule has 1 fully saturated rings. The van der Waals surface area contributed by atoms with Crippen molar-refractivity contribution in [3.8, 4) is 0 Å². The molecule has 3 nitrogen and oxygen atoms in total. The molecule has 0 bridgehead atoms. The van der Waals surface area contributed by atoms with Crippen LogP contribution in [0.2, 0.25) is 0 Å². The number of rotatable bonds is 4. The van der Waals surface area contributed by atoms with Crippen molar-refractivity contribution >= 4 is 11.6 Å². The fraction of sp³-hybridized carbons (Fsp3) is 0.263. The average Bonchev–Trinajstić information content (AvgIpc) is 3.34. The smallest absolute Gasteiger partial charge is 0.243 e. The van der Waals surface area contributed by atoms with E-state index in [1.54, 1.807) is 0 Å². The summed E-state index contributed by atoms with van der Waals surface area (Å²) in [6, 6.07) is 18.3. The Kier molecular flexibility index (Phi) is 4.05. The van der Waals surface area contributed by atoms with E-state index in [1.807, 2.05) is 50.2 Å². The first kappa shape index (κ1) is 14.5. The van der Waals surface area contributed by atoms with Crippen LogP contribution in [0, 0.1) is 12.8 Å². The van der Waals surface area contributed by atoms with Crippen molar-refractivity contribution in [2.45, 2.75) is 26.2 Å². The Hall–Kier alpha value is -2.42. The number of benzene rings is 2. The molecule has 0 unspecified atom stereocenters. The van der Waals surface area contributed by atoms with Gasteiger partial charge in [-0.1, -0.05) is 60.2 Å². The molecule has 0 radical (unpaired) electrons. The molecule has 22 heavy (non-hydrogen) atoms. The third-order valence-corrected chi connectivity index (χ3v) is 4.12. The Morgan fingerprint density at radius 1 is 1.14 bits per heavy atom. The quantitative estimate of drug-likeness (QED) is 0.678. The fourth-order valence-electron chi connectivity index (χ4n) is 2.71. The van der Waals surface area contributed by atoms with Gasteiger partial charge in [-0.25, -0.2) is 5.43 Å². The van der Waals surface area contributed by atoms with Crippen molar-refractivity contribution in [2.24, 2.45) is 11.0 Å². The Morgan fingerprint density at radius 3 is 2.64 bits per heavy atom. The zero-order valence-corrected chi connectivity index (χ0v) is 12.9. The highest BCUT2D eigenvalue weighted by Gasteiger charge is 2.43. The third kappa shape index (κ3) is 3.25. The maximum atomic E-state index is 12.2. The summed E-state index contributed by atoms with van der Waals surface area (Å²) in [5.74, 6) is 0.410. The monoisotopic (exact) mass is 292 g/mol. The molecule has 2 atom stereocenters. The van der Waals surface area contributed by atoms with Crippen molar-refractivity contribution in [1.29, 1.82) is 0 Å². The molecular formula is C19H20N2O. The van der Waals surface area contributed by atoms with Crippen LogP contribution >= 0.6 is 0 Å². The zero-order valence-electron chi connectivity index (χ0n) is 12.9. The number of hydrazone groups is 1. The Balaban J connectivity index is 1.60. The lowest BCUT2D eigenvalue weighted by molar-refractivity contribution is -0.122. The van der Waals surface area contributed by atoms with E-state index in [2.05, 4.69) is 28.7 Å². The molecule has 3 heteroatoms. The molecule has 112 valence electrons. The van der Waals surface area contributed by atoms with Crippen LogP contribution in [0.25, 0.3) is 0 Å². The van der Waals surface area contributed by atoms with Gasteiger partial charge in [-0.2, -0.15) is 5.10 Å². The highest BCUT2D eigenvalue weighted by atomic mass is 16.2. The summed E-state index contributed by atoms with van der Waals surface area (Å²) in [7, 11) is 0. The summed E-state index contributed by atoms with van der Waals surface area (Å²) in [6.07, 6.45) is 0.912. The molecule has 1 N–H and O–H groups in total. The second kappa shape index (κ2) is 6.14. The van der Waals surface area contributed by atoms with E-state index in [9.17, 15) is 4.79 Å². The van der Waals surface area contributed by atoms with Crippen LogP contribution in [0.1, 0.15) is 36.0 Å². The van der Waals surface area contributed by atoms with Crippen molar-refractivity contribution in [1.82, 2.24) is 5.43 Å². The highest BCUT2D eigenvalue weighted by Crippen LogP contribution is 2.47. The second-order valence-electron chi connectivity index (χ2n) is 5.90. The van der Waals surface area contributed by atoms with Crippen molar-refractivity contribution in [3.05, 3.63) is 71.3 Å². The van der Waals surface area contributed by atoms with Gasteiger partial charge in [-0.05, 0) is 37.3 Å². The van der Waals surface area contributed by atoms with Crippen LogP contribution in [-0.2, 0) is 4.79 Å². The van der Waals surface area contributed by atoms with Crippen LogP contribution < -0.4 is 5.43 Å². The highest BCUT2D eigenvalue weighted by molar-refractivity contribution is 5.99. The first-order valence-electron chi connectivity index (χ1n) is 7.61. The third-order valence-electron chi connectivity index (χ3n) is 4.12. The van der Waals surface area contributed by atoms with E-state index in [4.69, 9.17) is 0 Å². The number of amides is 1. The molecule has 1 aliphatic carbocycles.